The third-order valence-electron chi connectivity index (χ3n) is 3.05. The first-order valence-electron chi connectivity index (χ1n) is 5.80. The van der Waals surface area contributed by atoms with Gasteiger partial charge in [-0.15, -0.1) is 0 Å². The largest absolute Gasteiger partial charge is 0.379 e. The zero-order chi connectivity index (χ0) is 11.5. The molecule has 0 saturated heterocycles. The normalized spacial score (nSPS) is 24.7. The van der Waals surface area contributed by atoms with Crippen LogP contribution in [-0.4, -0.2) is 29.2 Å². The third-order valence-corrected chi connectivity index (χ3v) is 3.05. The van der Waals surface area contributed by atoms with Crippen molar-refractivity contribution in [2.75, 3.05) is 12.4 Å². The van der Waals surface area contributed by atoms with Crippen LogP contribution in [0.3, 0.4) is 0 Å². The molecule has 0 amide bonds. The Labute approximate surface area is 96.4 Å². The quantitative estimate of drug-likeness (QED) is 0.848. The van der Waals surface area contributed by atoms with Gasteiger partial charge in [-0.3, -0.25) is 0 Å². The first kappa shape index (κ1) is 11.3. The molecule has 1 fully saturated rings. The summed E-state index contributed by atoms with van der Waals surface area (Å²) in [4.78, 5) is 8.65. The van der Waals surface area contributed by atoms with Crippen molar-refractivity contribution in [3.63, 3.8) is 0 Å². The molecule has 4 heteroatoms. The summed E-state index contributed by atoms with van der Waals surface area (Å²) in [6.45, 7) is 3.91. The van der Waals surface area contributed by atoms with E-state index in [1.807, 2.05) is 19.9 Å². The average molecular weight is 221 g/mol. The molecule has 1 saturated carbocycles. The molecule has 1 aliphatic carbocycles. The number of nitrogens with one attached hydrogen (secondary N) is 1. The summed E-state index contributed by atoms with van der Waals surface area (Å²) < 4.78 is 5.45. The van der Waals surface area contributed by atoms with E-state index in [2.05, 4.69) is 15.3 Å². The zero-order valence-corrected chi connectivity index (χ0v) is 10.2. The van der Waals surface area contributed by atoms with Gasteiger partial charge in [0.1, 0.15) is 11.6 Å². The molecule has 1 heterocycles. The van der Waals surface area contributed by atoms with E-state index in [4.69, 9.17) is 4.74 Å². The Bertz CT molecular complexity index is 347. The van der Waals surface area contributed by atoms with Gasteiger partial charge in [-0.1, -0.05) is 0 Å². The highest BCUT2D eigenvalue weighted by Gasteiger charge is 2.27. The van der Waals surface area contributed by atoms with Crippen LogP contribution in [-0.2, 0) is 4.74 Å². The van der Waals surface area contributed by atoms with E-state index in [9.17, 15) is 0 Å². The number of rotatable bonds is 3. The van der Waals surface area contributed by atoms with Crippen LogP contribution in [0.25, 0.3) is 0 Å². The minimum absolute atomic E-state index is 0.315. The fourth-order valence-corrected chi connectivity index (χ4v) is 2.35. The first-order chi connectivity index (χ1) is 7.69. The maximum Gasteiger partial charge on any atom is 0.130 e. The number of anilines is 1. The second-order valence-electron chi connectivity index (χ2n) is 4.40. The molecule has 2 rings (SSSR count). The molecular formula is C12H19N3O. The van der Waals surface area contributed by atoms with E-state index in [-0.39, 0.29) is 0 Å². The van der Waals surface area contributed by atoms with Crippen LogP contribution in [0.5, 0.6) is 0 Å². The number of methoxy groups -OCH3 is 1. The fraction of sp³-hybridized carbons (Fsp3) is 0.667. The van der Waals surface area contributed by atoms with Crippen molar-refractivity contribution < 1.29 is 4.74 Å². The lowest BCUT2D eigenvalue weighted by molar-refractivity contribution is 0.101. The highest BCUT2D eigenvalue weighted by atomic mass is 16.5. The van der Waals surface area contributed by atoms with E-state index in [0.717, 1.165) is 30.2 Å². The standard InChI is InChI=1S/C12H19N3O/c1-8-7-12(14-9(2)13-8)15-10-5-4-6-11(10)16-3/h7,10-11H,4-6H2,1-3H3,(H,13,14,15). The van der Waals surface area contributed by atoms with Gasteiger partial charge in [-0.05, 0) is 33.1 Å². The molecule has 1 aliphatic rings. The van der Waals surface area contributed by atoms with Crippen LogP contribution in [0.4, 0.5) is 5.82 Å². The molecule has 88 valence electrons. The Hall–Kier alpha value is -1.16. The molecule has 1 aromatic rings. The summed E-state index contributed by atoms with van der Waals surface area (Å²) in [6.07, 6.45) is 3.83. The highest BCUT2D eigenvalue weighted by molar-refractivity contribution is 5.37. The molecule has 1 aromatic heterocycles. The molecule has 1 N–H and O–H groups in total. The van der Waals surface area contributed by atoms with Crippen molar-refractivity contribution in [1.29, 1.82) is 0 Å². The summed E-state index contributed by atoms with van der Waals surface area (Å²) in [5.41, 5.74) is 1.00. The second-order valence-corrected chi connectivity index (χ2v) is 4.40. The van der Waals surface area contributed by atoms with Gasteiger partial charge >= 0.3 is 0 Å². The molecule has 0 aromatic carbocycles. The van der Waals surface area contributed by atoms with Gasteiger partial charge in [0.15, 0.2) is 0 Å². The maximum absolute atomic E-state index is 5.45. The van der Waals surface area contributed by atoms with Gasteiger partial charge in [0.05, 0.1) is 12.1 Å². The lowest BCUT2D eigenvalue weighted by atomic mass is 10.2. The van der Waals surface area contributed by atoms with Crippen LogP contribution in [0.15, 0.2) is 6.07 Å². The third kappa shape index (κ3) is 2.50. The van der Waals surface area contributed by atoms with Crippen molar-refractivity contribution in [1.82, 2.24) is 9.97 Å². The lowest BCUT2D eigenvalue weighted by Gasteiger charge is -2.20. The minimum Gasteiger partial charge on any atom is -0.379 e. The van der Waals surface area contributed by atoms with Gasteiger partial charge in [0.25, 0.3) is 0 Å². The van der Waals surface area contributed by atoms with Gasteiger partial charge in [-0.25, -0.2) is 9.97 Å². The zero-order valence-electron chi connectivity index (χ0n) is 10.2. The Kier molecular flexibility index (Phi) is 3.39. The predicted octanol–water partition coefficient (Wildman–Crippen LogP) is 2.07. The summed E-state index contributed by atoms with van der Waals surface area (Å²) in [6, 6.07) is 2.37. The molecule has 2 atom stereocenters. The Morgan fingerprint density at radius 1 is 1.31 bits per heavy atom. The molecule has 0 radical (unpaired) electrons. The average Bonchev–Trinajstić information content (AvgIpc) is 2.63. The van der Waals surface area contributed by atoms with Gasteiger partial charge in [0.2, 0.25) is 0 Å². The Morgan fingerprint density at radius 3 is 2.81 bits per heavy atom. The molecular weight excluding hydrogens is 202 g/mol. The van der Waals surface area contributed by atoms with Crippen molar-refractivity contribution >= 4 is 5.82 Å². The van der Waals surface area contributed by atoms with Gasteiger partial charge < -0.3 is 10.1 Å². The molecule has 0 bridgehead atoms. The monoisotopic (exact) mass is 221 g/mol. The number of ether oxygens (including phenoxy) is 1. The van der Waals surface area contributed by atoms with E-state index >= 15 is 0 Å². The summed E-state index contributed by atoms with van der Waals surface area (Å²) >= 11 is 0. The van der Waals surface area contributed by atoms with Crippen molar-refractivity contribution in [2.24, 2.45) is 0 Å². The molecule has 0 aliphatic heterocycles. The van der Waals surface area contributed by atoms with E-state index < -0.39 is 0 Å². The number of nitrogens with zero attached hydrogens (tertiary/aromatic N) is 2. The lowest BCUT2D eigenvalue weighted by Crippen LogP contribution is -2.30. The van der Waals surface area contributed by atoms with Crippen LogP contribution >= 0.6 is 0 Å². The van der Waals surface area contributed by atoms with Crippen molar-refractivity contribution in [3.05, 3.63) is 17.6 Å². The molecule has 16 heavy (non-hydrogen) atoms. The predicted molar refractivity (Wildman–Crippen MR) is 63.6 cm³/mol. The Morgan fingerprint density at radius 2 is 2.12 bits per heavy atom. The maximum atomic E-state index is 5.45. The summed E-state index contributed by atoms with van der Waals surface area (Å²) in [5, 5.41) is 3.45. The SMILES string of the molecule is COC1CCCC1Nc1cc(C)nc(C)n1. The van der Waals surface area contributed by atoms with Crippen molar-refractivity contribution in [2.45, 2.75) is 45.3 Å². The van der Waals surface area contributed by atoms with E-state index in [1.165, 1.54) is 6.42 Å². The number of hydrogen-bond donors (Lipinski definition) is 1. The van der Waals surface area contributed by atoms with Gasteiger partial charge in [-0.2, -0.15) is 0 Å². The number of aromatic nitrogens is 2. The minimum atomic E-state index is 0.315. The number of hydrogen-bond acceptors (Lipinski definition) is 4. The van der Waals surface area contributed by atoms with Crippen LogP contribution in [0.2, 0.25) is 0 Å². The van der Waals surface area contributed by atoms with E-state index in [0.29, 0.717) is 12.1 Å². The van der Waals surface area contributed by atoms with Crippen LogP contribution in [0, 0.1) is 13.8 Å². The van der Waals surface area contributed by atoms with Crippen molar-refractivity contribution in [3.8, 4) is 0 Å². The van der Waals surface area contributed by atoms with Gasteiger partial charge in [0, 0.05) is 18.9 Å². The Balaban J connectivity index is 2.08. The van der Waals surface area contributed by atoms with Crippen LogP contribution in [0.1, 0.15) is 30.8 Å². The number of aryl methyl sites for hydroxylation is 2. The first-order valence-corrected chi connectivity index (χ1v) is 5.80. The smallest absolute Gasteiger partial charge is 0.130 e. The highest BCUT2D eigenvalue weighted by Crippen LogP contribution is 2.24. The molecule has 4 nitrogen and oxygen atoms in total. The van der Waals surface area contributed by atoms with Crippen LogP contribution < -0.4 is 5.32 Å². The topological polar surface area (TPSA) is 47.0 Å². The molecule has 2 unspecified atom stereocenters. The summed E-state index contributed by atoms with van der Waals surface area (Å²) in [5.74, 6) is 1.73. The second kappa shape index (κ2) is 4.78. The van der Waals surface area contributed by atoms with E-state index in [1.54, 1.807) is 7.11 Å². The fourth-order valence-electron chi connectivity index (χ4n) is 2.35. The molecule has 0 spiro atoms. The summed E-state index contributed by atoms with van der Waals surface area (Å²) in [7, 11) is 1.78.